The van der Waals surface area contributed by atoms with Crippen molar-refractivity contribution >= 4 is 37.5 Å². The number of para-hydroxylation sites is 1. The van der Waals surface area contributed by atoms with Gasteiger partial charge in [0.05, 0.1) is 16.0 Å². The molecule has 1 aliphatic rings. The van der Waals surface area contributed by atoms with Crippen LogP contribution >= 0.6 is 11.3 Å². The summed E-state index contributed by atoms with van der Waals surface area (Å²) in [6, 6.07) is 6.99. The number of likely N-dealkylation sites (tertiary alicyclic amines) is 1. The topological polar surface area (TPSA) is 76.6 Å². The van der Waals surface area contributed by atoms with Crippen LogP contribution in [0.5, 0.6) is 0 Å². The van der Waals surface area contributed by atoms with Crippen molar-refractivity contribution in [2.45, 2.75) is 56.0 Å². The summed E-state index contributed by atoms with van der Waals surface area (Å²) in [5.74, 6) is -0.119. The maximum atomic E-state index is 12.9. The summed E-state index contributed by atoms with van der Waals surface area (Å²) in [5.41, 5.74) is 0.0778. The fourth-order valence-corrected chi connectivity index (χ4v) is 5.95. The van der Waals surface area contributed by atoms with Gasteiger partial charge in [-0.05, 0) is 52.2 Å². The number of nitrogens with zero attached hydrogens (tertiary/aromatic N) is 2. The molecular formula is C18H24N2O4S2. The van der Waals surface area contributed by atoms with Gasteiger partial charge in [-0.1, -0.05) is 12.1 Å². The maximum absolute atomic E-state index is 12.9. The number of fused-ring (bicyclic) bond motifs is 1. The number of carbonyl (C=O) groups is 1. The Hall–Kier alpha value is -1.67. The first kappa shape index (κ1) is 19.1. The first-order valence-electron chi connectivity index (χ1n) is 8.74. The number of piperidine rings is 1. The molecule has 0 spiro atoms. The summed E-state index contributed by atoms with van der Waals surface area (Å²) in [7, 11) is -3.57. The van der Waals surface area contributed by atoms with Crippen molar-refractivity contribution in [3.8, 4) is 0 Å². The molecule has 1 atom stereocenters. The third-order valence-corrected chi connectivity index (χ3v) is 7.50. The van der Waals surface area contributed by atoms with Crippen LogP contribution in [0.3, 0.4) is 0 Å². The van der Waals surface area contributed by atoms with Gasteiger partial charge < -0.3 is 9.64 Å². The van der Waals surface area contributed by atoms with Gasteiger partial charge in [0, 0.05) is 12.6 Å². The van der Waals surface area contributed by atoms with E-state index in [1.165, 1.54) is 11.3 Å². The van der Waals surface area contributed by atoms with Gasteiger partial charge in [-0.15, -0.1) is 11.3 Å². The lowest BCUT2D eigenvalue weighted by Gasteiger charge is -2.36. The van der Waals surface area contributed by atoms with Crippen LogP contribution in [-0.4, -0.2) is 48.3 Å². The van der Waals surface area contributed by atoms with Crippen LogP contribution in [-0.2, 0) is 14.6 Å². The molecular weight excluding hydrogens is 372 g/mol. The second kappa shape index (κ2) is 7.15. The van der Waals surface area contributed by atoms with Gasteiger partial charge in [-0.3, -0.25) is 0 Å². The normalized spacial score (nSPS) is 18.9. The SMILES string of the molecule is CC(C)(C)OC(=O)N1CCCCC1CS(=O)(=O)c1nc2ccccc2s1. The third kappa shape index (κ3) is 4.35. The monoisotopic (exact) mass is 396 g/mol. The predicted molar refractivity (Wildman–Crippen MR) is 102 cm³/mol. The molecule has 1 unspecified atom stereocenters. The molecule has 0 saturated carbocycles. The minimum Gasteiger partial charge on any atom is -0.444 e. The van der Waals surface area contributed by atoms with Crippen LogP contribution < -0.4 is 0 Å². The van der Waals surface area contributed by atoms with Crippen LogP contribution in [0.15, 0.2) is 28.6 Å². The molecule has 0 aliphatic carbocycles. The molecule has 3 rings (SSSR count). The van der Waals surface area contributed by atoms with E-state index in [1.54, 1.807) is 11.0 Å². The van der Waals surface area contributed by atoms with Crippen LogP contribution in [0.1, 0.15) is 40.0 Å². The molecule has 2 heterocycles. The van der Waals surface area contributed by atoms with Crippen molar-refractivity contribution in [3.63, 3.8) is 0 Å². The predicted octanol–water partition coefficient (Wildman–Crippen LogP) is 3.86. The van der Waals surface area contributed by atoms with Crippen molar-refractivity contribution < 1.29 is 17.9 Å². The molecule has 0 N–H and O–H groups in total. The van der Waals surface area contributed by atoms with Crippen LogP contribution in [0.2, 0.25) is 0 Å². The van der Waals surface area contributed by atoms with Gasteiger partial charge in [-0.25, -0.2) is 18.2 Å². The molecule has 142 valence electrons. The quantitative estimate of drug-likeness (QED) is 0.787. The summed E-state index contributed by atoms with van der Waals surface area (Å²) >= 11 is 1.18. The number of rotatable bonds is 3. The van der Waals surface area contributed by atoms with Crippen LogP contribution in [0.25, 0.3) is 10.2 Å². The van der Waals surface area contributed by atoms with Crippen molar-refractivity contribution in [2.24, 2.45) is 0 Å². The molecule has 1 fully saturated rings. The Bertz CT molecular complexity index is 866. The summed E-state index contributed by atoms with van der Waals surface area (Å²) in [6.45, 7) is 5.94. The molecule has 0 radical (unpaired) electrons. The van der Waals surface area contributed by atoms with Gasteiger partial charge in [0.1, 0.15) is 5.60 Å². The van der Waals surface area contributed by atoms with E-state index >= 15 is 0 Å². The highest BCUT2D eigenvalue weighted by Gasteiger charge is 2.34. The molecule has 1 aromatic heterocycles. The number of ether oxygens (including phenoxy) is 1. The molecule has 1 aromatic carbocycles. The fraction of sp³-hybridized carbons (Fsp3) is 0.556. The fourth-order valence-electron chi connectivity index (χ4n) is 3.04. The Kier molecular flexibility index (Phi) is 5.25. The molecule has 8 heteroatoms. The molecule has 0 bridgehead atoms. The van der Waals surface area contributed by atoms with Gasteiger partial charge in [0.2, 0.25) is 14.2 Å². The highest BCUT2D eigenvalue weighted by atomic mass is 32.2. The standard InChI is InChI=1S/C18H24N2O4S2/c1-18(2,3)24-17(21)20-11-7-6-8-13(20)12-26(22,23)16-19-14-9-4-5-10-15(14)25-16/h4-5,9-10,13H,6-8,11-12H2,1-3H3. The number of sulfone groups is 1. The van der Waals surface area contributed by atoms with E-state index in [4.69, 9.17) is 4.74 Å². The zero-order valence-corrected chi connectivity index (χ0v) is 16.9. The second-order valence-corrected chi connectivity index (χ2v) is 10.8. The summed E-state index contributed by atoms with van der Waals surface area (Å²) in [6.07, 6.45) is 1.97. The van der Waals surface area contributed by atoms with Gasteiger partial charge >= 0.3 is 6.09 Å². The van der Waals surface area contributed by atoms with E-state index in [9.17, 15) is 13.2 Å². The summed E-state index contributed by atoms with van der Waals surface area (Å²) < 4.78 is 32.2. The number of hydrogen-bond donors (Lipinski definition) is 0. The minimum atomic E-state index is -3.57. The Morgan fingerprint density at radius 3 is 2.73 bits per heavy atom. The summed E-state index contributed by atoms with van der Waals surface area (Å²) in [5, 5.41) is 0. The van der Waals surface area contributed by atoms with Crippen LogP contribution in [0, 0.1) is 0 Å². The van der Waals surface area contributed by atoms with E-state index in [-0.39, 0.29) is 16.1 Å². The number of thiazole rings is 1. The average Bonchev–Trinajstić information content (AvgIpc) is 2.98. The first-order valence-corrected chi connectivity index (χ1v) is 11.2. The first-order chi connectivity index (χ1) is 12.2. The van der Waals surface area contributed by atoms with E-state index in [0.29, 0.717) is 18.5 Å². The molecule has 1 aliphatic heterocycles. The van der Waals surface area contributed by atoms with Crippen molar-refractivity contribution in [1.29, 1.82) is 0 Å². The van der Waals surface area contributed by atoms with E-state index in [0.717, 1.165) is 17.5 Å². The van der Waals surface area contributed by atoms with Crippen molar-refractivity contribution in [2.75, 3.05) is 12.3 Å². The minimum absolute atomic E-state index is 0.119. The molecule has 2 aromatic rings. The number of aromatic nitrogens is 1. The largest absolute Gasteiger partial charge is 0.444 e. The number of benzene rings is 1. The Morgan fingerprint density at radius 2 is 2.04 bits per heavy atom. The van der Waals surface area contributed by atoms with E-state index < -0.39 is 21.5 Å². The average molecular weight is 397 g/mol. The number of carbonyl (C=O) groups excluding carboxylic acids is 1. The van der Waals surface area contributed by atoms with Crippen LogP contribution in [0.4, 0.5) is 4.79 Å². The Labute approximate surface area is 158 Å². The zero-order chi connectivity index (χ0) is 18.9. The Morgan fingerprint density at radius 1 is 1.31 bits per heavy atom. The maximum Gasteiger partial charge on any atom is 0.410 e. The second-order valence-electron chi connectivity index (χ2n) is 7.55. The van der Waals surface area contributed by atoms with Gasteiger partial charge in [0.25, 0.3) is 0 Å². The molecule has 26 heavy (non-hydrogen) atoms. The lowest BCUT2D eigenvalue weighted by molar-refractivity contribution is 0.0124. The molecule has 6 nitrogen and oxygen atoms in total. The number of hydrogen-bond acceptors (Lipinski definition) is 6. The molecule has 1 amide bonds. The van der Waals surface area contributed by atoms with E-state index in [1.807, 2.05) is 39.0 Å². The highest BCUT2D eigenvalue weighted by molar-refractivity contribution is 7.93. The lowest BCUT2D eigenvalue weighted by atomic mass is 10.0. The van der Waals surface area contributed by atoms with Gasteiger partial charge in [0.15, 0.2) is 0 Å². The van der Waals surface area contributed by atoms with E-state index in [2.05, 4.69) is 4.98 Å². The van der Waals surface area contributed by atoms with Crippen molar-refractivity contribution in [1.82, 2.24) is 9.88 Å². The smallest absolute Gasteiger partial charge is 0.410 e. The van der Waals surface area contributed by atoms with Gasteiger partial charge in [-0.2, -0.15) is 0 Å². The Balaban J connectivity index is 1.81. The van der Waals surface area contributed by atoms with Crippen molar-refractivity contribution in [3.05, 3.63) is 24.3 Å². The zero-order valence-electron chi connectivity index (χ0n) is 15.3. The molecule has 1 saturated heterocycles. The highest BCUT2D eigenvalue weighted by Crippen LogP contribution is 2.28. The lowest BCUT2D eigenvalue weighted by Crippen LogP contribution is -2.48. The third-order valence-electron chi connectivity index (χ3n) is 4.21. The summed E-state index contributed by atoms with van der Waals surface area (Å²) in [4.78, 5) is 18.3. The number of amides is 1.